The maximum atomic E-state index is 14.6. The minimum absolute atomic E-state index is 0.111. The van der Waals surface area contributed by atoms with Gasteiger partial charge in [0.05, 0.1) is 17.3 Å². The lowest BCUT2D eigenvalue weighted by Gasteiger charge is -2.50. The summed E-state index contributed by atoms with van der Waals surface area (Å²) in [6.45, 7) is 1.30. The number of hydrogen-bond acceptors (Lipinski definition) is 9. The average molecular weight is 447 g/mol. The molecule has 0 unspecified atom stereocenters. The lowest BCUT2D eigenvalue weighted by Crippen LogP contribution is -2.63. The summed E-state index contributed by atoms with van der Waals surface area (Å²) in [6, 6.07) is -1.10. The number of carbonyl (C=O) groups is 3. The number of ketones is 2. The lowest BCUT2D eigenvalue weighted by molar-refractivity contribution is -0.148. The minimum atomic E-state index is -2.72. The molecule has 1 amide bonds. The summed E-state index contributed by atoms with van der Waals surface area (Å²) in [5.74, 6) is -8.73. The number of aliphatic hydroxyl groups is 3. The number of primary amides is 1. The topological polar surface area (TPSA) is 174 Å². The summed E-state index contributed by atoms with van der Waals surface area (Å²) in [5, 5.41) is 43.5. The molecule has 4 atom stereocenters. The van der Waals surface area contributed by atoms with E-state index < -0.39 is 75.3 Å². The predicted octanol–water partition coefficient (Wildman–Crippen LogP) is -0.0369. The Morgan fingerprint density at radius 1 is 1.25 bits per heavy atom. The molecular weight excluding hydrogens is 425 g/mol. The number of aromatic hydroxyl groups is 1. The van der Waals surface area contributed by atoms with E-state index in [4.69, 9.17) is 5.73 Å². The van der Waals surface area contributed by atoms with E-state index in [2.05, 4.69) is 4.98 Å². The number of Topliss-reactive ketones (excluding diaryl/α,β-unsaturated/α-hetero) is 2. The van der Waals surface area contributed by atoms with Gasteiger partial charge in [-0.2, -0.15) is 4.39 Å². The smallest absolute Gasteiger partial charge is 0.255 e. The van der Waals surface area contributed by atoms with Crippen LogP contribution in [0.15, 0.2) is 22.7 Å². The van der Waals surface area contributed by atoms with Gasteiger partial charge < -0.3 is 26.2 Å². The number of aromatic nitrogens is 1. The fraction of sp³-hybridized carbons (Fsp3) is 0.429. The number of fused-ring (bicyclic) bond motifs is 3. The van der Waals surface area contributed by atoms with E-state index in [1.807, 2.05) is 0 Å². The SMILES string of the molecule is Cc1nc(F)c2c(c1O)C(=O)C1=C(O)[C@]3(O)C(=O)C(C(N)=O)=C(O)[C@@H](N(C)C)[C@@H]3C[C@@H]1C2. The Labute approximate surface area is 181 Å². The van der Waals surface area contributed by atoms with Gasteiger partial charge in [-0.1, -0.05) is 0 Å². The number of pyridine rings is 1. The van der Waals surface area contributed by atoms with E-state index >= 15 is 0 Å². The number of likely N-dealkylation sites (N-methyl/N-ethyl adjacent to an activating group) is 1. The molecule has 1 aromatic rings. The zero-order valence-corrected chi connectivity index (χ0v) is 17.5. The number of halogens is 1. The number of nitrogens with zero attached hydrogens (tertiary/aromatic N) is 2. The molecule has 0 bridgehead atoms. The summed E-state index contributed by atoms with van der Waals surface area (Å²) >= 11 is 0. The fourth-order valence-corrected chi connectivity index (χ4v) is 5.28. The molecule has 170 valence electrons. The van der Waals surface area contributed by atoms with E-state index in [0.29, 0.717) is 0 Å². The van der Waals surface area contributed by atoms with Crippen LogP contribution in [0.25, 0.3) is 0 Å². The van der Waals surface area contributed by atoms with Crippen LogP contribution < -0.4 is 5.73 Å². The number of rotatable bonds is 2. The maximum absolute atomic E-state index is 14.6. The zero-order valence-electron chi connectivity index (χ0n) is 17.5. The molecule has 1 heterocycles. The third kappa shape index (κ3) is 2.58. The van der Waals surface area contributed by atoms with Crippen molar-refractivity contribution < 1.29 is 39.2 Å². The maximum Gasteiger partial charge on any atom is 0.255 e. The number of carbonyl (C=O) groups excluding carboxylic acids is 3. The number of hydrogen-bond donors (Lipinski definition) is 5. The van der Waals surface area contributed by atoms with Gasteiger partial charge in [0.15, 0.2) is 11.4 Å². The average Bonchev–Trinajstić information content (AvgIpc) is 2.68. The van der Waals surface area contributed by atoms with Crippen LogP contribution in [0, 0.1) is 24.7 Å². The Bertz CT molecular complexity index is 1170. The van der Waals surface area contributed by atoms with Gasteiger partial charge in [-0.15, -0.1) is 0 Å². The van der Waals surface area contributed by atoms with Gasteiger partial charge in [-0.3, -0.25) is 19.3 Å². The summed E-state index contributed by atoms with van der Waals surface area (Å²) in [5.41, 5.74) is 0.654. The third-order valence-corrected chi connectivity index (χ3v) is 6.71. The molecule has 10 nitrogen and oxygen atoms in total. The van der Waals surface area contributed by atoms with Crippen LogP contribution in [0.1, 0.15) is 28.0 Å². The van der Waals surface area contributed by atoms with E-state index in [1.54, 1.807) is 0 Å². The van der Waals surface area contributed by atoms with Crippen LogP contribution in [0.2, 0.25) is 0 Å². The highest BCUT2D eigenvalue weighted by Gasteiger charge is 2.63. The predicted molar refractivity (Wildman–Crippen MR) is 106 cm³/mol. The molecule has 0 spiro atoms. The Balaban J connectivity index is 1.99. The standard InChI is InChI=1S/C21H22FN3O7/c1-6-14(26)11-8(19(22)24-6)4-7-5-9-13(25(2)3)16(28)12(20(23)31)18(30)21(9,32)17(29)10(7)15(11)27/h7,9,13,26,28-29,32H,4-5H2,1-3H3,(H2,23,31)/t7-,9-,13-,21-/m0/s1. The highest BCUT2D eigenvalue weighted by atomic mass is 19.1. The Morgan fingerprint density at radius 3 is 2.44 bits per heavy atom. The third-order valence-electron chi connectivity index (χ3n) is 6.71. The van der Waals surface area contributed by atoms with Gasteiger partial charge in [-0.25, -0.2) is 4.98 Å². The summed E-state index contributed by atoms with van der Waals surface area (Å²) < 4.78 is 14.6. The van der Waals surface area contributed by atoms with Gasteiger partial charge >= 0.3 is 0 Å². The first-order valence-electron chi connectivity index (χ1n) is 9.86. The van der Waals surface area contributed by atoms with E-state index in [-0.39, 0.29) is 29.7 Å². The van der Waals surface area contributed by atoms with Crippen molar-refractivity contribution in [3.05, 3.63) is 45.4 Å². The first-order valence-corrected chi connectivity index (χ1v) is 9.86. The molecule has 0 radical (unpaired) electrons. The minimum Gasteiger partial charge on any atom is -0.510 e. The van der Waals surface area contributed by atoms with Crippen molar-refractivity contribution in [3.8, 4) is 5.75 Å². The van der Waals surface area contributed by atoms with Crippen molar-refractivity contribution in [3.63, 3.8) is 0 Å². The van der Waals surface area contributed by atoms with Gasteiger partial charge in [0.2, 0.25) is 11.7 Å². The number of aliphatic hydroxyl groups excluding tert-OH is 2. The molecule has 0 saturated carbocycles. The van der Waals surface area contributed by atoms with Crippen LogP contribution in [-0.2, 0) is 16.0 Å². The number of nitrogens with two attached hydrogens (primary N) is 1. The van der Waals surface area contributed by atoms with Gasteiger partial charge in [-0.05, 0) is 39.8 Å². The fourth-order valence-electron chi connectivity index (χ4n) is 5.28. The zero-order chi connectivity index (χ0) is 23.9. The molecule has 0 aliphatic heterocycles. The van der Waals surface area contributed by atoms with Gasteiger partial charge in [0.25, 0.3) is 5.91 Å². The summed E-state index contributed by atoms with van der Waals surface area (Å²) in [6.07, 6.45) is -0.249. The second-order valence-corrected chi connectivity index (χ2v) is 8.65. The Morgan fingerprint density at radius 2 is 1.88 bits per heavy atom. The van der Waals surface area contributed by atoms with Crippen LogP contribution >= 0.6 is 0 Å². The highest BCUT2D eigenvalue weighted by Crippen LogP contribution is 2.52. The molecule has 6 N–H and O–H groups in total. The van der Waals surface area contributed by atoms with Crippen LogP contribution in [0.4, 0.5) is 4.39 Å². The van der Waals surface area contributed by atoms with Crippen molar-refractivity contribution in [2.75, 3.05) is 14.1 Å². The normalized spacial score (nSPS) is 29.8. The summed E-state index contributed by atoms with van der Waals surface area (Å²) in [7, 11) is 3.05. The van der Waals surface area contributed by atoms with Crippen LogP contribution in [-0.4, -0.2) is 73.5 Å². The van der Waals surface area contributed by atoms with Crippen molar-refractivity contribution in [2.45, 2.75) is 31.4 Å². The first-order chi connectivity index (χ1) is 14.8. The van der Waals surface area contributed by atoms with Crippen molar-refractivity contribution >= 4 is 17.5 Å². The van der Waals surface area contributed by atoms with Gasteiger partial charge in [0.1, 0.15) is 22.8 Å². The lowest BCUT2D eigenvalue weighted by atomic mass is 9.58. The molecule has 0 aromatic carbocycles. The van der Waals surface area contributed by atoms with Crippen molar-refractivity contribution in [1.29, 1.82) is 0 Å². The molecule has 1 aromatic heterocycles. The molecule has 32 heavy (non-hydrogen) atoms. The quantitative estimate of drug-likeness (QED) is 0.308. The van der Waals surface area contributed by atoms with E-state index in [9.17, 15) is 39.2 Å². The van der Waals surface area contributed by atoms with Gasteiger partial charge in [0, 0.05) is 17.1 Å². The van der Waals surface area contributed by atoms with Crippen LogP contribution in [0.5, 0.6) is 5.75 Å². The second-order valence-electron chi connectivity index (χ2n) is 8.65. The van der Waals surface area contributed by atoms with E-state index in [1.165, 1.54) is 25.9 Å². The number of amides is 1. The molecule has 4 rings (SSSR count). The monoisotopic (exact) mass is 447 g/mol. The molecule has 3 aliphatic rings. The first kappa shape index (κ1) is 21.9. The number of aryl methyl sites for hydroxylation is 1. The number of allylic oxidation sites excluding steroid dienone is 1. The molecule has 0 fully saturated rings. The largest absolute Gasteiger partial charge is 0.510 e. The van der Waals surface area contributed by atoms with Crippen molar-refractivity contribution in [2.24, 2.45) is 17.6 Å². The molecule has 11 heteroatoms. The molecular formula is C21H22FN3O7. The molecule has 3 aliphatic carbocycles. The van der Waals surface area contributed by atoms with Crippen molar-refractivity contribution in [1.82, 2.24) is 9.88 Å². The summed E-state index contributed by atoms with van der Waals surface area (Å²) in [4.78, 5) is 43.3. The van der Waals surface area contributed by atoms with Crippen LogP contribution in [0.3, 0.4) is 0 Å². The Kier molecular flexibility index (Phi) is 4.68. The Hall–Kier alpha value is -3.31. The molecule has 0 saturated heterocycles. The van der Waals surface area contributed by atoms with E-state index in [0.717, 1.165) is 0 Å². The highest BCUT2D eigenvalue weighted by molar-refractivity contribution is 6.24. The second kappa shape index (κ2) is 6.84.